The molecule has 0 saturated carbocycles. The SMILES string of the molecule is CCCc1cccc(-c2nc(C)cc(C)n2)n1. The van der Waals surface area contributed by atoms with Gasteiger partial charge in [0.2, 0.25) is 0 Å². The van der Waals surface area contributed by atoms with Gasteiger partial charge in [-0.2, -0.15) is 0 Å². The molecule has 0 spiro atoms. The molecule has 2 aromatic heterocycles. The first-order valence-electron chi connectivity index (χ1n) is 5.97. The standard InChI is InChI=1S/C14H17N3/c1-4-6-12-7-5-8-13(17-12)14-15-10(2)9-11(3)16-14/h5,7-9H,4,6H2,1-3H3. The molecule has 0 saturated heterocycles. The predicted molar refractivity (Wildman–Crippen MR) is 68.7 cm³/mol. The molecule has 0 unspecified atom stereocenters. The topological polar surface area (TPSA) is 38.7 Å². The fraction of sp³-hybridized carbons (Fsp3) is 0.357. The largest absolute Gasteiger partial charge is 0.249 e. The van der Waals surface area contributed by atoms with Crippen LogP contribution in [0.4, 0.5) is 0 Å². The molecule has 0 aliphatic heterocycles. The summed E-state index contributed by atoms with van der Waals surface area (Å²) in [5, 5.41) is 0. The van der Waals surface area contributed by atoms with E-state index in [9.17, 15) is 0 Å². The van der Waals surface area contributed by atoms with E-state index in [0.29, 0.717) is 0 Å². The summed E-state index contributed by atoms with van der Waals surface area (Å²) in [5.41, 5.74) is 3.93. The molecule has 0 bridgehead atoms. The Hall–Kier alpha value is -1.77. The Morgan fingerprint density at radius 3 is 2.35 bits per heavy atom. The molecule has 0 aromatic carbocycles. The zero-order valence-electron chi connectivity index (χ0n) is 10.6. The van der Waals surface area contributed by atoms with Crippen molar-refractivity contribution in [3.05, 3.63) is 41.3 Å². The van der Waals surface area contributed by atoms with Crippen LogP contribution in [0.1, 0.15) is 30.4 Å². The molecule has 2 rings (SSSR count). The lowest BCUT2D eigenvalue weighted by Crippen LogP contribution is -1.98. The third kappa shape index (κ3) is 2.87. The number of aromatic nitrogens is 3. The number of aryl methyl sites for hydroxylation is 3. The van der Waals surface area contributed by atoms with Gasteiger partial charge in [-0.3, -0.25) is 0 Å². The van der Waals surface area contributed by atoms with Gasteiger partial charge in [0.05, 0.1) is 0 Å². The van der Waals surface area contributed by atoms with E-state index >= 15 is 0 Å². The molecule has 0 aliphatic rings. The number of hydrogen-bond donors (Lipinski definition) is 0. The Labute approximate surface area is 102 Å². The molecule has 2 heterocycles. The van der Waals surface area contributed by atoms with Crippen LogP contribution in [0.3, 0.4) is 0 Å². The van der Waals surface area contributed by atoms with Gasteiger partial charge in [0, 0.05) is 17.1 Å². The Morgan fingerprint density at radius 2 is 1.71 bits per heavy atom. The second-order valence-corrected chi connectivity index (χ2v) is 4.24. The van der Waals surface area contributed by atoms with E-state index in [0.717, 1.165) is 41.4 Å². The number of nitrogens with zero attached hydrogens (tertiary/aromatic N) is 3. The maximum atomic E-state index is 4.59. The molecule has 0 amide bonds. The monoisotopic (exact) mass is 227 g/mol. The van der Waals surface area contributed by atoms with E-state index in [4.69, 9.17) is 0 Å². The minimum atomic E-state index is 0.723. The van der Waals surface area contributed by atoms with Crippen LogP contribution in [0.5, 0.6) is 0 Å². The highest BCUT2D eigenvalue weighted by molar-refractivity contribution is 5.49. The van der Waals surface area contributed by atoms with Gasteiger partial charge in [-0.25, -0.2) is 15.0 Å². The maximum Gasteiger partial charge on any atom is 0.178 e. The molecule has 2 aromatic rings. The molecule has 0 atom stereocenters. The van der Waals surface area contributed by atoms with E-state index in [-0.39, 0.29) is 0 Å². The molecule has 0 fully saturated rings. The molecule has 0 radical (unpaired) electrons. The molecule has 0 aliphatic carbocycles. The van der Waals surface area contributed by atoms with Crippen molar-refractivity contribution in [2.75, 3.05) is 0 Å². The predicted octanol–water partition coefficient (Wildman–Crippen LogP) is 3.11. The molecule has 3 nitrogen and oxygen atoms in total. The third-order valence-electron chi connectivity index (χ3n) is 2.52. The zero-order valence-corrected chi connectivity index (χ0v) is 10.6. The van der Waals surface area contributed by atoms with E-state index in [2.05, 4.69) is 27.9 Å². The summed E-state index contributed by atoms with van der Waals surface area (Å²) < 4.78 is 0. The van der Waals surface area contributed by atoms with E-state index in [1.807, 2.05) is 32.0 Å². The summed E-state index contributed by atoms with van der Waals surface area (Å²) in [6.07, 6.45) is 2.10. The molecule has 17 heavy (non-hydrogen) atoms. The summed E-state index contributed by atoms with van der Waals surface area (Å²) in [4.78, 5) is 13.5. The highest BCUT2D eigenvalue weighted by Crippen LogP contribution is 2.14. The summed E-state index contributed by atoms with van der Waals surface area (Å²) in [7, 11) is 0. The van der Waals surface area contributed by atoms with Crippen LogP contribution in [-0.2, 0) is 6.42 Å². The quantitative estimate of drug-likeness (QED) is 0.808. The van der Waals surface area contributed by atoms with Gasteiger partial charge >= 0.3 is 0 Å². The molecular formula is C14H17N3. The van der Waals surface area contributed by atoms with Crippen LogP contribution >= 0.6 is 0 Å². The lowest BCUT2D eigenvalue weighted by Gasteiger charge is -2.04. The van der Waals surface area contributed by atoms with Gasteiger partial charge < -0.3 is 0 Å². The van der Waals surface area contributed by atoms with Gasteiger partial charge in [-0.1, -0.05) is 19.4 Å². The molecule has 0 N–H and O–H groups in total. The number of pyridine rings is 1. The van der Waals surface area contributed by atoms with Gasteiger partial charge in [-0.05, 0) is 38.5 Å². The van der Waals surface area contributed by atoms with Crippen molar-refractivity contribution in [1.29, 1.82) is 0 Å². The van der Waals surface area contributed by atoms with Crippen molar-refractivity contribution in [2.45, 2.75) is 33.6 Å². The van der Waals surface area contributed by atoms with Crippen molar-refractivity contribution in [1.82, 2.24) is 15.0 Å². The lowest BCUT2D eigenvalue weighted by atomic mass is 10.2. The maximum absolute atomic E-state index is 4.59. The summed E-state index contributed by atoms with van der Waals surface area (Å²) in [6.45, 7) is 6.11. The van der Waals surface area contributed by atoms with E-state index in [1.54, 1.807) is 0 Å². The molecular weight excluding hydrogens is 210 g/mol. The fourth-order valence-corrected chi connectivity index (χ4v) is 1.84. The van der Waals surface area contributed by atoms with Crippen LogP contribution in [-0.4, -0.2) is 15.0 Å². The van der Waals surface area contributed by atoms with Crippen LogP contribution in [0.25, 0.3) is 11.5 Å². The second kappa shape index (κ2) is 5.04. The Kier molecular flexibility index (Phi) is 3.47. The lowest BCUT2D eigenvalue weighted by molar-refractivity contribution is 0.881. The Balaban J connectivity index is 2.41. The van der Waals surface area contributed by atoms with Crippen molar-refractivity contribution in [3.8, 4) is 11.5 Å². The zero-order chi connectivity index (χ0) is 12.3. The van der Waals surface area contributed by atoms with Crippen LogP contribution < -0.4 is 0 Å². The van der Waals surface area contributed by atoms with Crippen LogP contribution in [0, 0.1) is 13.8 Å². The third-order valence-corrected chi connectivity index (χ3v) is 2.52. The van der Waals surface area contributed by atoms with Gasteiger partial charge in [-0.15, -0.1) is 0 Å². The van der Waals surface area contributed by atoms with Crippen molar-refractivity contribution in [2.24, 2.45) is 0 Å². The number of hydrogen-bond acceptors (Lipinski definition) is 3. The van der Waals surface area contributed by atoms with E-state index < -0.39 is 0 Å². The molecule has 3 heteroatoms. The minimum absolute atomic E-state index is 0.723. The first kappa shape index (κ1) is 11.7. The Bertz CT molecular complexity index is 500. The van der Waals surface area contributed by atoms with Gasteiger partial charge in [0.15, 0.2) is 5.82 Å². The van der Waals surface area contributed by atoms with Crippen molar-refractivity contribution in [3.63, 3.8) is 0 Å². The summed E-state index contributed by atoms with van der Waals surface area (Å²) in [6, 6.07) is 8.01. The Morgan fingerprint density at radius 1 is 1.00 bits per heavy atom. The normalized spacial score (nSPS) is 10.5. The highest BCUT2D eigenvalue weighted by Gasteiger charge is 2.05. The van der Waals surface area contributed by atoms with Crippen LogP contribution in [0.2, 0.25) is 0 Å². The minimum Gasteiger partial charge on any atom is -0.249 e. The fourth-order valence-electron chi connectivity index (χ4n) is 1.84. The second-order valence-electron chi connectivity index (χ2n) is 4.24. The van der Waals surface area contributed by atoms with Crippen LogP contribution in [0.15, 0.2) is 24.3 Å². The summed E-state index contributed by atoms with van der Waals surface area (Å²) in [5.74, 6) is 0.723. The molecule has 88 valence electrons. The van der Waals surface area contributed by atoms with Crippen molar-refractivity contribution >= 4 is 0 Å². The highest BCUT2D eigenvalue weighted by atomic mass is 14.9. The average molecular weight is 227 g/mol. The van der Waals surface area contributed by atoms with Crippen molar-refractivity contribution < 1.29 is 0 Å². The van der Waals surface area contributed by atoms with Gasteiger partial charge in [0.1, 0.15) is 5.69 Å². The number of rotatable bonds is 3. The smallest absolute Gasteiger partial charge is 0.178 e. The average Bonchev–Trinajstić information content (AvgIpc) is 2.28. The van der Waals surface area contributed by atoms with Gasteiger partial charge in [0.25, 0.3) is 0 Å². The first-order chi connectivity index (χ1) is 8.19. The van der Waals surface area contributed by atoms with E-state index in [1.165, 1.54) is 0 Å². The first-order valence-corrected chi connectivity index (χ1v) is 5.97. The summed E-state index contributed by atoms with van der Waals surface area (Å²) >= 11 is 0.